The summed E-state index contributed by atoms with van der Waals surface area (Å²) in [6.07, 6.45) is 1.62. The molecule has 0 bridgehead atoms. The lowest BCUT2D eigenvalue weighted by molar-refractivity contribution is -0.109. The molecule has 0 aliphatic heterocycles. The minimum atomic E-state index is -0.577. The van der Waals surface area contributed by atoms with Gasteiger partial charge in [0.15, 0.2) is 0 Å². The molecule has 188 valence electrons. The topological polar surface area (TPSA) is 68.3 Å². The number of carbonyl (C=O) groups excluding carboxylic acids is 2. The quantitative estimate of drug-likeness (QED) is 0.234. The Morgan fingerprint density at radius 3 is 2.35 bits per heavy atom. The van der Waals surface area contributed by atoms with Crippen LogP contribution in [0.2, 0.25) is 10.0 Å². The second kappa shape index (κ2) is 10.3. The highest BCUT2D eigenvalue weighted by Crippen LogP contribution is 2.49. The summed E-state index contributed by atoms with van der Waals surface area (Å²) in [7, 11) is 0. The number of aromatic nitrogens is 1. The molecule has 1 amide bonds. The first-order chi connectivity index (χ1) is 17.8. The largest absolute Gasteiger partial charge is 0.441 e. The van der Waals surface area contributed by atoms with Crippen molar-refractivity contribution in [2.45, 2.75) is 38.2 Å². The second-order valence-electron chi connectivity index (χ2n) is 9.21. The fourth-order valence-electron chi connectivity index (χ4n) is 4.37. The van der Waals surface area contributed by atoms with Crippen LogP contribution in [0.15, 0.2) is 66.7 Å². The van der Waals surface area contributed by atoms with Crippen molar-refractivity contribution in [1.29, 1.82) is 0 Å². The van der Waals surface area contributed by atoms with Gasteiger partial charge in [0.1, 0.15) is 12.4 Å². The van der Waals surface area contributed by atoms with Crippen molar-refractivity contribution in [3.8, 4) is 21.6 Å². The van der Waals surface area contributed by atoms with Crippen molar-refractivity contribution in [1.82, 2.24) is 4.37 Å². The summed E-state index contributed by atoms with van der Waals surface area (Å²) in [5.41, 5.74) is 5.44. The minimum absolute atomic E-state index is 0.404. The SMILES string of the molecule is Cc1nsc(-c2ccc(-c3ccc(C4(C=O)CC4)c(Cl)c3)cc2)c1NC(=O)O[C@H](C)c1ccccc1Cl. The van der Waals surface area contributed by atoms with Gasteiger partial charge in [-0.15, -0.1) is 0 Å². The Bertz CT molecular complexity index is 1480. The molecule has 37 heavy (non-hydrogen) atoms. The van der Waals surface area contributed by atoms with E-state index in [0.717, 1.165) is 51.8 Å². The molecule has 4 aromatic rings. The molecule has 0 saturated heterocycles. The average Bonchev–Trinajstić information content (AvgIpc) is 3.61. The summed E-state index contributed by atoms with van der Waals surface area (Å²) in [6, 6.07) is 21.1. The zero-order valence-corrected chi connectivity index (χ0v) is 22.6. The normalized spacial score (nSPS) is 14.6. The van der Waals surface area contributed by atoms with Gasteiger partial charge in [0.2, 0.25) is 0 Å². The molecular formula is C29H24Cl2N2O3S. The first-order valence-corrected chi connectivity index (χ1v) is 13.4. The summed E-state index contributed by atoms with van der Waals surface area (Å²) >= 11 is 14.1. The average molecular weight is 551 g/mol. The van der Waals surface area contributed by atoms with Gasteiger partial charge < -0.3 is 9.53 Å². The minimum Gasteiger partial charge on any atom is -0.441 e. The molecule has 1 heterocycles. The van der Waals surface area contributed by atoms with Crippen LogP contribution in [0.5, 0.6) is 0 Å². The van der Waals surface area contributed by atoms with Crippen LogP contribution in [0.1, 0.15) is 42.7 Å². The molecule has 0 radical (unpaired) electrons. The van der Waals surface area contributed by atoms with Crippen LogP contribution < -0.4 is 5.32 Å². The van der Waals surface area contributed by atoms with Gasteiger partial charge in [-0.3, -0.25) is 5.32 Å². The Hall–Kier alpha value is -3.19. The monoisotopic (exact) mass is 550 g/mol. The number of aldehydes is 1. The highest BCUT2D eigenvalue weighted by molar-refractivity contribution is 7.10. The van der Waals surface area contributed by atoms with E-state index in [1.807, 2.05) is 67.6 Å². The number of hydrogen-bond acceptors (Lipinski definition) is 5. The van der Waals surface area contributed by atoms with Crippen LogP contribution in [0.25, 0.3) is 21.6 Å². The molecule has 0 unspecified atom stereocenters. The molecule has 5 nitrogen and oxygen atoms in total. The summed E-state index contributed by atoms with van der Waals surface area (Å²) in [5, 5.41) is 4.02. The van der Waals surface area contributed by atoms with E-state index in [9.17, 15) is 9.59 Å². The Kier molecular flexibility index (Phi) is 7.08. The third-order valence-corrected chi connectivity index (χ3v) is 8.36. The molecule has 1 fully saturated rings. The number of hydrogen-bond donors (Lipinski definition) is 1. The predicted molar refractivity (Wildman–Crippen MR) is 150 cm³/mol. The first-order valence-electron chi connectivity index (χ1n) is 11.9. The van der Waals surface area contributed by atoms with Crippen molar-refractivity contribution < 1.29 is 14.3 Å². The Balaban J connectivity index is 1.32. The molecule has 3 aromatic carbocycles. The van der Waals surface area contributed by atoms with E-state index in [-0.39, 0.29) is 0 Å². The Morgan fingerprint density at radius 1 is 1.03 bits per heavy atom. The number of amides is 1. The molecular weight excluding hydrogens is 527 g/mol. The van der Waals surface area contributed by atoms with Crippen molar-refractivity contribution in [3.05, 3.63) is 93.6 Å². The molecule has 1 aliphatic rings. The Labute approximate surface area is 229 Å². The zero-order chi connectivity index (χ0) is 26.2. The first kappa shape index (κ1) is 25.5. The molecule has 1 saturated carbocycles. The van der Waals surface area contributed by atoms with Gasteiger partial charge in [0, 0.05) is 15.6 Å². The molecule has 1 aliphatic carbocycles. The van der Waals surface area contributed by atoms with Crippen molar-refractivity contribution in [2.24, 2.45) is 0 Å². The number of ether oxygens (including phenoxy) is 1. The number of anilines is 1. The number of benzene rings is 3. The van der Waals surface area contributed by atoms with Gasteiger partial charge in [-0.1, -0.05) is 77.8 Å². The van der Waals surface area contributed by atoms with E-state index < -0.39 is 17.6 Å². The molecule has 0 spiro atoms. The van der Waals surface area contributed by atoms with Crippen molar-refractivity contribution in [2.75, 3.05) is 5.32 Å². The smallest absolute Gasteiger partial charge is 0.412 e. The third-order valence-electron chi connectivity index (χ3n) is 6.72. The van der Waals surface area contributed by atoms with E-state index in [0.29, 0.717) is 21.4 Å². The van der Waals surface area contributed by atoms with Crippen LogP contribution in [-0.2, 0) is 14.9 Å². The van der Waals surface area contributed by atoms with Gasteiger partial charge in [-0.2, -0.15) is 4.37 Å². The lowest BCUT2D eigenvalue weighted by Gasteiger charge is -2.16. The van der Waals surface area contributed by atoms with Gasteiger partial charge in [-0.25, -0.2) is 4.79 Å². The summed E-state index contributed by atoms with van der Waals surface area (Å²) in [6.45, 7) is 3.62. The van der Waals surface area contributed by atoms with Gasteiger partial charge in [-0.05, 0) is 72.6 Å². The number of nitrogens with one attached hydrogen (secondary N) is 1. The lowest BCUT2D eigenvalue weighted by Crippen LogP contribution is -2.16. The van der Waals surface area contributed by atoms with Gasteiger partial charge >= 0.3 is 6.09 Å². The van der Waals surface area contributed by atoms with Crippen molar-refractivity contribution in [3.63, 3.8) is 0 Å². The molecule has 1 aromatic heterocycles. The van der Waals surface area contributed by atoms with Gasteiger partial charge in [0.05, 0.1) is 21.7 Å². The van der Waals surface area contributed by atoms with E-state index in [4.69, 9.17) is 27.9 Å². The van der Waals surface area contributed by atoms with E-state index >= 15 is 0 Å². The zero-order valence-electron chi connectivity index (χ0n) is 20.3. The number of nitrogens with zero attached hydrogens (tertiary/aromatic N) is 1. The number of rotatable bonds is 7. The van der Waals surface area contributed by atoms with E-state index in [1.54, 1.807) is 13.0 Å². The highest BCUT2D eigenvalue weighted by atomic mass is 35.5. The van der Waals surface area contributed by atoms with Crippen LogP contribution in [0.4, 0.5) is 10.5 Å². The predicted octanol–water partition coefficient (Wildman–Crippen LogP) is 8.63. The van der Waals surface area contributed by atoms with Crippen LogP contribution >= 0.6 is 34.7 Å². The number of carbonyl (C=O) groups is 2. The number of halogens is 2. The standard InChI is InChI=1S/C29H24Cl2N2O3S/c1-17-26(32-28(35)36-18(2)22-5-3-4-6-24(22)30)27(37-33-17)20-9-7-19(8-10-20)21-11-12-23(25(31)15-21)29(16-34)13-14-29/h3-12,15-16,18H,13-14H2,1-2H3,(H,32,35)/t18-/m1/s1. The van der Waals surface area contributed by atoms with Crippen LogP contribution in [-0.4, -0.2) is 16.8 Å². The van der Waals surface area contributed by atoms with E-state index in [1.165, 1.54) is 11.5 Å². The van der Waals surface area contributed by atoms with Crippen molar-refractivity contribution >= 4 is 52.8 Å². The summed E-state index contributed by atoms with van der Waals surface area (Å²) in [5.74, 6) is 0. The Morgan fingerprint density at radius 2 is 1.70 bits per heavy atom. The summed E-state index contributed by atoms with van der Waals surface area (Å²) < 4.78 is 10.0. The maximum Gasteiger partial charge on any atom is 0.412 e. The second-order valence-corrected chi connectivity index (χ2v) is 10.8. The lowest BCUT2D eigenvalue weighted by atomic mass is 9.94. The fraction of sp³-hybridized carbons (Fsp3) is 0.207. The molecule has 1 N–H and O–H groups in total. The summed E-state index contributed by atoms with van der Waals surface area (Å²) in [4.78, 5) is 25.0. The number of aryl methyl sites for hydroxylation is 1. The van der Waals surface area contributed by atoms with E-state index in [2.05, 4.69) is 9.69 Å². The van der Waals surface area contributed by atoms with Crippen LogP contribution in [0, 0.1) is 6.92 Å². The maximum absolute atomic E-state index is 12.7. The molecule has 8 heteroatoms. The third kappa shape index (κ3) is 5.14. The molecule has 1 atom stereocenters. The maximum atomic E-state index is 12.7. The molecule has 5 rings (SSSR count). The fourth-order valence-corrected chi connectivity index (χ4v) is 5.88. The van der Waals surface area contributed by atoms with Gasteiger partial charge in [0.25, 0.3) is 0 Å². The van der Waals surface area contributed by atoms with Crippen LogP contribution in [0.3, 0.4) is 0 Å². The highest BCUT2D eigenvalue weighted by Gasteiger charge is 2.45.